The Morgan fingerprint density at radius 2 is 1.74 bits per heavy atom. The van der Waals surface area contributed by atoms with E-state index in [-0.39, 0.29) is 22.8 Å². The van der Waals surface area contributed by atoms with Gasteiger partial charge in [-0.15, -0.1) is 0 Å². The second-order valence-electron chi connectivity index (χ2n) is 9.61. The number of aromatic nitrogens is 1. The molecule has 3 saturated carbocycles. The molecule has 7 heteroatoms. The van der Waals surface area contributed by atoms with Crippen molar-refractivity contribution in [2.45, 2.75) is 51.0 Å². The fourth-order valence-corrected chi connectivity index (χ4v) is 6.32. The van der Waals surface area contributed by atoms with E-state index in [9.17, 15) is 9.59 Å². The van der Waals surface area contributed by atoms with Gasteiger partial charge in [0.05, 0.1) is 29.3 Å². The second-order valence-corrected chi connectivity index (χ2v) is 10.9. The van der Waals surface area contributed by atoms with Crippen molar-refractivity contribution in [3.63, 3.8) is 0 Å². The molecule has 6 rings (SSSR count). The summed E-state index contributed by atoms with van der Waals surface area (Å²) in [6.07, 6.45) is 4.55. The maximum atomic E-state index is 13.9. The van der Waals surface area contributed by atoms with E-state index in [1.807, 2.05) is 49.4 Å². The van der Waals surface area contributed by atoms with Gasteiger partial charge in [0.25, 0.3) is 5.91 Å². The summed E-state index contributed by atoms with van der Waals surface area (Å²) in [5.41, 5.74) is 2.98. The third-order valence-corrected chi connectivity index (χ3v) is 8.61. The van der Waals surface area contributed by atoms with Gasteiger partial charge in [0.2, 0.25) is 0 Å². The Bertz CT molecular complexity index is 1300. The van der Waals surface area contributed by atoms with Gasteiger partial charge in [-0.25, -0.2) is 4.98 Å². The highest BCUT2D eigenvalue weighted by Crippen LogP contribution is 2.53. The maximum absolute atomic E-state index is 13.9. The van der Waals surface area contributed by atoms with E-state index in [0.29, 0.717) is 16.3 Å². The lowest BCUT2D eigenvalue weighted by Crippen LogP contribution is -2.58. The van der Waals surface area contributed by atoms with Crippen LogP contribution >= 0.6 is 27.5 Å². The molecule has 1 amide bonds. The molecule has 1 aromatic heterocycles. The Balaban J connectivity index is 1.55. The molecule has 1 heterocycles. The van der Waals surface area contributed by atoms with Crippen LogP contribution in [0.5, 0.6) is 0 Å². The zero-order valence-electron chi connectivity index (χ0n) is 19.2. The molecular weight excluding hydrogens is 516 g/mol. The van der Waals surface area contributed by atoms with E-state index < -0.39 is 0 Å². The number of esters is 1. The summed E-state index contributed by atoms with van der Waals surface area (Å²) in [5.74, 6) is -0.221. The van der Waals surface area contributed by atoms with Crippen LogP contribution in [0.15, 0.2) is 46.9 Å². The van der Waals surface area contributed by atoms with Gasteiger partial charge in [0.15, 0.2) is 0 Å². The standard InChI is InChI=1S/C27H26BrClN2O3/c1-16-22(24(32)31-27-12-9-26(10-13-27,11-14-27)25(33)34-2)19-15-17(28)7-8-21(19)30-23(16)18-5-3-4-6-20(18)29/h3-8,15H,9-14H2,1-2H3,(H,31,32). The molecule has 3 aromatic rings. The van der Waals surface area contributed by atoms with Crippen molar-refractivity contribution in [1.29, 1.82) is 0 Å². The van der Waals surface area contributed by atoms with Gasteiger partial charge < -0.3 is 10.1 Å². The van der Waals surface area contributed by atoms with Crippen molar-refractivity contribution in [3.05, 3.63) is 63.1 Å². The minimum absolute atomic E-state index is 0.108. The smallest absolute Gasteiger partial charge is 0.311 e. The number of ether oxygens (including phenoxy) is 1. The van der Waals surface area contributed by atoms with E-state index in [4.69, 9.17) is 21.3 Å². The molecule has 176 valence electrons. The number of fused-ring (bicyclic) bond motifs is 4. The number of amides is 1. The number of hydrogen-bond donors (Lipinski definition) is 1. The molecule has 0 atom stereocenters. The van der Waals surface area contributed by atoms with Crippen LogP contribution in [-0.2, 0) is 9.53 Å². The number of halogens is 2. The van der Waals surface area contributed by atoms with E-state index in [1.54, 1.807) is 0 Å². The lowest BCUT2D eigenvalue weighted by atomic mass is 9.57. The van der Waals surface area contributed by atoms with Gasteiger partial charge in [-0.3, -0.25) is 9.59 Å². The molecule has 1 N–H and O–H groups in total. The molecule has 3 fully saturated rings. The fourth-order valence-electron chi connectivity index (χ4n) is 5.74. The highest BCUT2D eigenvalue weighted by atomic mass is 79.9. The van der Waals surface area contributed by atoms with E-state index >= 15 is 0 Å². The number of carbonyl (C=O) groups excluding carboxylic acids is 2. The van der Waals surface area contributed by atoms with Crippen molar-refractivity contribution in [2.24, 2.45) is 5.41 Å². The maximum Gasteiger partial charge on any atom is 0.311 e. The van der Waals surface area contributed by atoms with Crippen LogP contribution in [0.4, 0.5) is 0 Å². The van der Waals surface area contributed by atoms with Crippen LogP contribution in [0, 0.1) is 12.3 Å². The number of hydrogen-bond acceptors (Lipinski definition) is 4. The summed E-state index contributed by atoms with van der Waals surface area (Å²) in [6.45, 7) is 1.93. The first kappa shape index (κ1) is 23.3. The minimum Gasteiger partial charge on any atom is -0.469 e. The Hall–Kier alpha value is -2.44. The normalized spacial score (nSPS) is 23.6. The van der Waals surface area contributed by atoms with Gasteiger partial charge in [-0.2, -0.15) is 0 Å². The Kier molecular flexibility index (Phi) is 5.93. The van der Waals surface area contributed by atoms with Gasteiger partial charge in [-0.1, -0.05) is 45.7 Å². The largest absolute Gasteiger partial charge is 0.469 e. The SMILES string of the molecule is COC(=O)C12CCC(NC(=O)c3c(C)c(-c4ccccc4Cl)nc4ccc(Br)cc34)(CC1)CC2. The number of nitrogens with one attached hydrogen (secondary N) is 1. The monoisotopic (exact) mass is 540 g/mol. The molecule has 0 aliphatic heterocycles. The number of pyridine rings is 1. The van der Waals surface area contributed by atoms with E-state index in [1.165, 1.54) is 7.11 Å². The number of nitrogens with zero attached hydrogens (tertiary/aromatic N) is 1. The molecule has 0 unspecified atom stereocenters. The Labute approximate surface area is 212 Å². The van der Waals surface area contributed by atoms with Crippen molar-refractivity contribution in [1.82, 2.24) is 10.3 Å². The molecule has 5 nitrogen and oxygen atoms in total. The van der Waals surface area contributed by atoms with Crippen LogP contribution in [0.1, 0.15) is 54.4 Å². The highest BCUT2D eigenvalue weighted by Gasteiger charge is 2.53. The third-order valence-electron chi connectivity index (χ3n) is 7.79. The summed E-state index contributed by atoms with van der Waals surface area (Å²) in [5, 5.41) is 4.78. The average Bonchev–Trinajstić information content (AvgIpc) is 2.84. The predicted octanol–water partition coefficient (Wildman–Crippen LogP) is 6.62. The van der Waals surface area contributed by atoms with Crippen LogP contribution in [-0.4, -0.2) is 29.5 Å². The summed E-state index contributed by atoms with van der Waals surface area (Å²) in [6, 6.07) is 13.4. The first-order chi connectivity index (χ1) is 16.3. The Morgan fingerprint density at radius 1 is 1.06 bits per heavy atom. The third kappa shape index (κ3) is 3.81. The fraction of sp³-hybridized carbons (Fsp3) is 0.370. The number of benzene rings is 2. The lowest BCUT2D eigenvalue weighted by molar-refractivity contribution is -0.160. The summed E-state index contributed by atoms with van der Waals surface area (Å²) < 4.78 is 5.97. The molecular formula is C27H26BrClN2O3. The molecule has 3 aliphatic carbocycles. The van der Waals surface area contributed by atoms with Crippen molar-refractivity contribution in [3.8, 4) is 11.3 Å². The lowest BCUT2D eigenvalue weighted by Gasteiger charge is -2.52. The number of methoxy groups -OCH3 is 1. The van der Waals surface area contributed by atoms with Gasteiger partial charge >= 0.3 is 5.97 Å². The Morgan fingerprint density at radius 3 is 2.38 bits per heavy atom. The van der Waals surface area contributed by atoms with Crippen molar-refractivity contribution >= 4 is 50.3 Å². The second kappa shape index (κ2) is 8.65. The summed E-state index contributed by atoms with van der Waals surface area (Å²) in [7, 11) is 1.46. The zero-order chi connectivity index (χ0) is 24.1. The number of carbonyl (C=O) groups is 2. The summed E-state index contributed by atoms with van der Waals surface area (Å²) >= 11 is 10.1. The molecule has 0 radical (unpaired) electrons. The predicted molar refractivity (Wildman–Crippen MR) is 137 cm³/mol. The summed E-state index contributed by atoms with van der Waals surface area (Å²) in [4.78, 5) is 31.2. The van der Waals surface area contributed by atoms with Gasteiger partial charge in [-0.05, 0) is 75.3 Å². The molecule has 0 spiro atoms. The highest BCUT2D eigenvalue weighted by molar-refractivity contribution is 9.10. The average molecular weight is 542 g/mol. The van der Waals surface area contributed by atoms with E-state index in [0.717, 1.165) is 65.0 Å². The quantitative estimate of drug-likeness (QED) is 0.377. The van der Waals surface area contributed by atoms with Crippen molar-refractivity contribution in [2.75, 3.05) is 7.11 Å². The van der Waals surface area contributed by atoms with Gasteiger partial charge in [0, 0.05) is 26.0 Å². The molecule has 2 bridgehead atoms. The molecule has 3 aliphatic rings. The zero-order valence-corrected chi connectivity index (χ0v) is 21.6. The minimum atomic E-state index is -0.386. The van der Waals surface area contributed by atoms with Crippen molar-refractivity contribution < 1.29 is 14.3 Å². The van der Waals surface area contributed by atoms with Crippen LogP contribution in [0.3, 0.4) is 0 Å². The molecule has 0 saturated heterocycles. The van der Waals surface area contributed by atoms with E-state index in [2.05, 4.69) is 21.2 Å². The van der Waals surface area contributed by atoms with Crippen LogP contribution in [0.25, 0.3) is 22.2 Å². The first-order valence-electron chi connectivity index (χ1n) is 11.5. The van der Waals surface area contributed by atoms with Crippen LogP contribution in [0.2, 0.25) is 5.02 Å². The van der Waals surface area contributed by atoms with Crippen LogP contribution < -0.4 is 5.32 Å². The number of rotatable bonds is 4. The first-order valence-corrected chi connectivity index (χ1v) is 12.7. The topological polar surface area (TPSA) is 68.3 Å². The molecule has 34 heavy (non-hydrogen) atoms. The van der Waals surface area contributed by atoms with Gasteiger partial charge in [0.1, 0.15) is 0 Å². The molecule has 2 aromatic carbocycles.